The van der Waals surface area contributed by atoms with Gasteiger partial charge in [0.1, 0.15) is 24.1 Å². The van der Waals surface area contributed by atoms with Gasteiger partial charge >= 0.3 is 5.69 Å². The highest BCUT2D eigenvalue weighted by atomic mass is 16.6. The molecule has 1 saturated heterocycles. The molecule has 25 heavy (non-hydrogen) atoms. The number of nitrogens with zero attached hydrogens (tertiary/aromatic N) is 4. The molecule has 2 heterocycles. The minimum Gasteiger partial charge on any atom is -0.387 e. The molecule has 10 heteroatoms. The Labute approximate surface area is 142 Å². The summed E-state index contributed by atoms with van der Waals surface area (Å²) in [6.45, 7) is 0. The number of nitrogens with two attached hydrogens (primary N) is 1. The number of H-pyrrole nitrogens is 1. The van der Waals surface area contributed by atoms with Crippen molar-refractivity contribution in [3.05, 3.63) is 62.9 Å². The van der Waals surface area contributed by atoms with E-state index >= 15 is 0 Å². The van der Waals surface area contributed by atoms with Crippen LogP contribution < -0.4 is 11.4 Å². The number of aliphatic hydroxyl groups is 2. The molecule has 10 nitrogen and oxygen atoms in total. The predicted molar refractivity (Wildman–Crippen MR) is 87.7 cm³/mol. The first-order chi connectivity index (χ1) is 12.0. The molecular formula is C15H17N6O4. The van der Waals surface area contributed by atoms with Crippen molar-refractivity contribution in [2.45, 2.75) is 36.9 Å². The molecule has 0 saturated carbocycles. The van der Waals surface area contributed by atoms with Gasteiger partial charge in [0.15, 0.2) is 5.72 Å². The van der Waals surface area contributed by atoms with Gasteiger partial charge in [-0.2, -0.15) is 4.98 Å². The molecule has 1 aromatic rings. The standard InChI is InChI=1S/C15H17N6O4/c16-13-9(7-18-14(24)19-13)11-10(22)12(23)15(25-11,20-21-17)6-8-4-2-1-3-5-8/h1-2,4-5,7,10-12,22-23H,3,6H2,(H3,16,18,19,24)/t10-,11+,12-,15+/m0/s1. The van der Waals surface area contributed by atoms with E-state index in [0.717, 1.165) is 5.57 Å². The highest BCUT2D eigenvalue weighted by Gasteiger charge is 2.55. The number of hydrogen-bond donors (Lipinski definition) is 4. The molecule has 4 atom stereocenters. The number of rotatable bonds is 4. The topological polar surface area (TPSA) is 170 Å². The second kappa shape index (κ2) is 6.69. The van der Waals surface area contributed by atoms with E-state index in [1.165, 1.54) is 6.20 Å². The number of ether oxygens (including phenoxy) is 1. The summed E-state index contributed by atoms with van der Waals surface area (Å²) in [4.78, 5) is 19.9. The zero-order valence-electron chi connectivity index (χ0n) is 13.1. The summed E-state index contributed by atoms with van der Waals surface area (Å²) in [6.07, 6.45) is 5.53. The molecule has 1 aliphatic carbocycles. The highest BCUT2D eigenvalue weighted by molar-refractivity contribution is 5.40. The second-order valence-electron chi connectivity index (χ2n) is 5.84. The first-order valence-corrected chi connectivity index (χ1v) is 7.61. The Bertz CT molecular complexity index is 828. The maximum atomic E-state index is 11.2. The van der Waals surface area contributed by atoms with Crippen molar-refractivity contribution in [2.24, 2.45) is 5.11 Å². The SMILES string of the molecule is [N-]=[N+]=N[C@]1(CC2=CC=CC[CH]2)O[C@H](c2c[nH]c(=O)nc2N)[C@H](O)[C@@H]1O. The maximum Gasteiger partial charge on any atom is 0.346 e. The molecule has 1 aromatic heterocycles. The van der Waals surface area contributed by atoms with Crippen LogP contribution in [0.2, 0.25) is 0 Å². The van der Waals surface area contributed by atoms with Crippen molar-refractivity contribution in [2.75, 3.05) is 5.73 Å². The molecule has 0 aromatic carbocycles. The van der Waals surface area contributed by atoms with E-state index in [1.54, 1.807) is 0 Å². The number of aromatic amines is 1. The lowest BCUT2D eigenvalue weighted by Gasteiger charge is -2.28. The molecule has 0 unspecified atom stereocenters. The van der Waals surface area contributed by atoms with Crippen LogP contribution in [-0.2, 0) is 4.74 Å². The quantitative estimate of drug-likeness (QED) is 0.354. The van der Waals surface area contributed by atoms with Crippen molar-refractivity contribution >= 4 is 5.82 Å². The summed E-state index contributed by atoms with van der Waals surface area (Å²) in [5.74, 6) is -0.136. The summed E-state index contributed by atoms with van der Waals surface area (Å²) in [5.41, 5.74) is 13.3. The minimum absolute atomic E-state index is 0.0762. The van der Waals surface area contributed by atoms with Crippen LogP contribution in [0.15, 0.2) is 39.9 Å². The van der Waals surface area contributed by atoms with Gasteiger partial charge in [-0.05, 0) is 18.4 Å². The fraction of sp³-hybridized carbons (Fsp3) is 0.400. The lowest BCUT2D eigenvalue weighted by molar-refractivity contribution is -0.0781. The molecule has 1 aliphatic heterocycles. The Kier molecular flexibility index (Phi) is 4.60. The van der Waals surface area contributed by atoms with Crippen molar-refractivity contribution in [1.29, 1.82) is 0 Å². The Balaban J connectivity index is 1.97. The van der Waals surface area contributed by atoms with Crippen LogP contribution in [0.5, 0.6) is 0 Å². The van der Waals surface area contributed by atoms with Crippen LogP contribution in [0.4, 0.5) is 5.82 Å². The number of hydrogen-bond acceptors (Lipinski definition) is 7. The molecule has 0 amide bonds. The summed E-state index contributed by atoms with van der Waals surface area (Å²) in [7, 11) is 0. The highest BCUT2D eigenvalue weighted by Crippen LogP contribution is 2.45. The Morgan fingerprint density at radius 1 is 1.56 bits per heavy atom. The van der Waals surface area contributed by atoms with Gasteiger partial charge in [0.05, 0.1) is 0 Å². The van der Waals surface area contributed by atoms with Gasteiger partial charge in [-0.25, -0.2) is 4.79 Å². The zero-order valence-corrected chi connectivity index (χ0v) is 13.1. The number of aliphatic hydroxyl groups excluding tert-OH is 2. The number of anilines is 1. The summed E-state index contributed by atoms with van der Waals surface area (Å²) >= 11 is 0. The van der Waals surface area contributed by atoms with E-state index in [-0.39, 0.29) is 17.8 Å². The lowest BCUT2D eigenvalue weighted by Crippen LogP contribution is -2.41. The number of aromatic nitrogens is 2. The molecule has 1 radical (unpaired) electrons. The molecule has 0 spiro atoms. The van der Waals surface area contributed by atoms with Crippen molar-refractivity contribution in [1.82, 2.24) is 9.97 Å². The first kappa shape index (κ1) is 17.2. The van der Waals surface area contributed by atoms with E-state index in [9.17, 15) is 15.0 Å². The smallest absolute Gasteiger partial charge is 0.346 e. The van der Waals surface area contributed by atoms with Gasteiger partial charge in [-0.1, -0.05) is 28.9 Å². The lowest BCUT2D eigenvalue weighted by atomic mass is 9.91. The monoisotopic (exact) mass is 345 g/mol. The third-order valence-electron chi connectivity index (χ3n) is 4.24. The molecule has 5 N–H and O–H groups in total. The minimum atomic E-state index is -1.70. The van der Waals surface area contributed by atoms with Crippen LogP contribution in [-0.4, -0.2) is 38.1 Å². The average molecular weight is 345 g/mol. The zero-order chi connectivity index (χ0) is 18.0. The third-order valence-corrected chi connectivity index (χ3v) is 4.24. The molecule has 2 aliphatic rings. The van der Waals surface area contributed by atoms with E-state index in [2.05, 4.69) is 20.0 Å². The third kappa shape index (κ3) is 3.15. The molecular weight excluding hydrogens is 328 g/mol. The van der Waals surface area contributed by atoms with Crippen LogP contribution in [0.1, 0.15) is 24.5 Å². The maximum absolute atomic E-state index is 11.2. The van der Waals surface area contributed by atoms with Crippen LogP contribution in [0.25, 0.3) is 10.4 Å². The molecule has 3 rings (SSSR count). The molecule has 1 fully saturated rings. The van der Waals surface area contributed by atoms with Gasteiger partial charge < -0.3 is 25.7 Å². The number of nitrogens with one attached hydrogen (secondary N) is 1. The fourth-order valence-corrected chi connectivity index (χ4v) is 3.01. The average Bonchev–Trinajstić information content (AvgIpc) is 2.82. The molecule has 0 bridgehead atoms. The summed E-state index contributed by atoms with van der Waals surface area (Å²) in [6, 6.07) is 0. The summed E-state index contributed by atoms with van der Waals surface area (Å²) < 4.78 is 5.78. The van der Waals surface area contributed by atoms with Crippen molar-refractivity contribution in [3.63, 3.8) is 0 Å². The number of nitrogen functional groups attached to an aromatic ring is 1. The molecule has 131 valence electrons. The van der Waals surface area contributed by atoms with E-state index in [0.29, 0.717) is 6.42 Å². The van der Waals surface area contributed by atoms with Gasteiger partial charge in [0, 0.05) is 23.1 Å². The van der Waals surface area contributed by atoms with Crippen LogP contribution in [0, 0.1) is 6.42 Å². The van der Waals surface area contributed by atoms with E-state index < -0.39 is 29.7 Å². The van der Waals surface area contributed by atoms with Crippen LogP contribution >= 0.6 is 0 Å². The van der Waals surface area contributed by atoms with E-state index in [1.807, 2.05) is 24.6 Å². The van der Waals surface area contributed by atoms with Gasteiger partial charge in [-0.3, -0.25) is 0 Å². The first-order valence-electron chi connectivity index (χ1n) is 7.61. The number of allylic oxidation sites excluding steroid dienone is 3. The Morgan fingerprint density at radius 3 is 3.00 bits per heavy atom. The van der Waals surface area contributed by atoms with Gasteiger partial charge in [0.2, 0.25) is 0 Å². The largest absolute Gasteiger partial charge is 0.387 e. The van der Waals surface area contributed by atoms with Gasteiger partial charge in [0.25, 0.3) is 0 Å². The van der Waals surface area contributed by atoms with Gasteiger partial charge in [-0.15, -0.1) is 0 Å². The summed E-state index contributed by atoms with van der Waals surface area (Å²) in [5, 5.41) is 24.6. The Morgan fingerprint density at radius 2 is 2.36 bits per heavy atom. The Hall–Kier alpha value is -2.65. The van der Waals surface area contributed by atoms with Crippen molar-refractivity contribution < 1.29 is 14.9 Å². The number of azide groups is 1. The van der Waals surface area contributed by atoms with Crippen LogP contribution in [0.3, 0.4) is 0 Å². The predicted octanol–water partition coefficient (Wildman–Crippen LogP) is 0.632. The van der Waals surface area contributed by atoms with E-state index in [4.69, 9.17) is 16.0 Å². The second-order valence-corrected chi connectivity index (χ2v) is 5.84. The fourth-order valence-electron chi connectivity index (χ4n) is 3.01. The normalized spacial score (nSPS) is 31.4. The van der Waals surface area contributed by atoms with Crippen molar-refractivity contribution in [3.8, 4) is 0 Å².